The van der Waals surface area contributed by atoms with Crippen molar-refractivity contribution in [1.82, 2.24) is 15.1 Å². The van der Waals surface area contributed by atoms with E-state index >= 15 is 0 Å². The van der Waals surface area contributed by atoms with Gasteiger partial charge in [0.2, 0.25) is 0 Å². The van der Waals surface area contributed by atoms with E-state index in [1.54, 1.807) is 4.90 Å². The van der Waals surface area contributed by atoms with Crippen LogP contribution in [0.5, 0.6) is 0 Å². The van der Waals surface area contributed by atoms with Gasteiger partial charge in [0.05, 0.1) is 11.2 Å². The van der Waals surface area contributed by atoms with Crippen LogP contribution in [0, 0.1) is 11.6 Å². The second-order valence-electron chi connectivity index (χ2n) is 6.12. The number of hydrogen-bond acceptors (Lipinski definition) is 3. The van der Waals surface area contributed by atoms with Crippen LogP contribution in [0.1, 0.15) is 0 Å². The summed E-state index contributed by atoms with van der Waals surface area (Å²) >= 11 is 0. The number of carbonyl (C=O) groups excluding carboxylic acids is 1. The molecular formula is C18H17F2N5O. The summed E-state index contributed by atoms with van der Waals surface area (Å²) in [6.07, 6.45) is 0. The zero-order valence-electron chi connectivity index (χ0n) is 13.9. The number of anilines is 2. The van der Waals surface area contributed by atoms with Crippen LogP contribution in [0.3, 0.4) is 0 Å². The van der Waals surface area contributed by atoms with Crippen molar-refractivity contribution in [2.45, 2.75) is 0 Å². The van der Waals surface area contributed by atoms with Gasteiger partial charge in [0.1, 0.15) is 11.6 Å². The zero-order chi connectivity index (χ0) is 18.1. The third kappa shape index (κ3) is 3.05. The molecule has 1 aliphatic heterocycles. The standard InChI is InChI=1S/C18H17F2N5O/c19-12-5-6-16(14(20)11-12)24-7-9-25(10-8-24)18(26)21-17-13-3-1-2-4-15(13)22-23-17/h1-6,11H,7-10H2,(H2,21,22,23,26). The predicted molar refractivity (Wildman–Crippen MR) is 95.3 cm³/mol. The average molecular weight is 357 g/mol. The SMILES string of the molecule is O=C(Nc1n[nH]c2ccccc12)N1CCN(c2ccc(F)cc2F)CC1. The Balaban J connectivity index is 1.40. The topological polar surface area (TPSA) is 64.3 Å². The van der Waals surface area contributed by atoms with E-state index in [0.29, 0.717) is 37.7 Å². The number of nitrogens with one attached hydrogen (secondary N) is 2. The summed E-state index contributed by atoms with van der Waals surface area (Å²) in [7, 11) is 0. The van der Waals surface area contributed by atoms with E-state index in [2.05, 4.69) is 15.5 Å². The van der Waals surface area contributed by atoms with Crippen molar-refractivity contribution >= 4 is 28.4 Å². The smallest absolute Gasteiger partial charge is 0.323 e. The number of benzene rings is 2. The minimum absolute atomic E-state index is 0.249. The van der Waals surface area contributed by atoms with E-state index in [-0.39, 0.29) is 6.03 Å². The van der Waals surface area contributed by atoms with Crippen LogP contribution in [0.25, 0.3) is 10.9 Å². The fraction of sp³-hybridized carbons (Fsp3) is 0.222. The second-order valence-corrected chi connectivity index (χ2v) is 6.12. The van der Waals surface area contributed by atoms with E-state index in [1.807, 2.05) is 29.2 Å². The maximum Gasteiger partial charge on any atom is 0.323 e. The molecule has 8 heteroatoms. The van der Waals surface area contributed by atoms with Crippen LogP contribution in [-0.4, -0.2) is 47.3 Å². The Morgan fingerprint density at radius 3 is 2.62 bits per heavy atom. The summed E-state index contributed by atoms with van der Waals surface area (Å²) < 4.78 is 27.0. The van der Waals surface area contributed by atoms with E-state index < -0.39 is 11.6 Å². The molecule has 6 nitrogen and oxygen atoms in total. The molecule has 0 bridgehead atoms. The molecule has 2 amide bonds. The molecule has 0 spiro atoms. The number of fused-ring (bicyclic) bond motifs is 1. The number of aromatic nitrogens is 2. The van der Waals surface area contributed by atoms with Crippen molar-refractivity contribution in [3.63, 3.8) is 0 Å². The average Bonchev–Trinajstić information content (AvgIpc) is 3.05. The first-order valence-corrected chi connectivity index (χ1v) is 8.31. The van der Waals surface area contributed by atoms with Crippen LogP contribution < -0.4 is 10.2 Å². The molecule has 4 rings (SSSR count). The summed E-state index contributed by atoms with van der Waals surface area (Å²) in [5.41, 5.74) is 1.20. The Hall–Kier alpha value is -3.16. The first-order chi connectivity index (χ1) is 12.6. The molecule has 0 aliphatic carbocycles. The van der Waals surface area contributed by atoms with Gasteiger partial charge in [0.25, 0.3) is 0 Å². The second kappa shape index (κ2) is 6.62. The highest BCUT2D eigenvalue weighted by atomic mass is 19.1. The highest BCUT2D eigenvalue weighted by Crippen LogP contribution is 2.23. The third-order valence-electron chi connectivity index (χ3n) is 4.51. The quantitative estimate of drug-likeness (QED) is 0.740. The molecule has 0 atom stereocenters. The highest BCUT2D eigenvalue weighted by molar-refractivity contribution is 5.98. The van der Waals surface area contributed by atoms with Gasteiger partial charge in [-0.15, -0.1) is 0 Å². The number of carbonyl (C=O) groups is 1. The molecule has 26 heavy (non-hydrogen) atoms. The lowest BCUT2D eigenvalue weighted by Gasteiger charge is -2.36. The van der Waals surface area contributed by atoms with Crippen LogP contribution in [-0.2, 0) is 0 Å². The Morgan fingerprint density at radius 1 is 1.08 bits per heavy atom. The van der Waals surface area contributed by atoms with Crippen LogP contribution in [0.4, 0.5) is 25.1 Å². The van der Waals surface area contributed by atoms with Gasteiger partial charge in [-0.25, -0.2) is 13.6 Å². The van der Waals surface area contributed by atoms with E-state index in [0.717, 1.165) is 17.0 Å². The lowest BCUT2D eigenvalue weighted by molar-refractivity contribution is 0.208. The minimum atomic E-state index is -0.601. The van der Waals surface area contributed by atoms with Gasteiger partial charge in [0, 0.05) is 37.6 Å². The third-order valence-corrected chi connectivity index (χ3v) is 4.51. The van der Waals surface area contributed by atoms with E-state index in [9.17, 15) is 13.6 Å². The van der Waals surface area contributed by atoms with Gasteiger partial charge in [-0.2, -0.15) is 5.10 Å². The van der Waals surface area contributed by atoms with Gasteiger partial charge in [0.15, 0.2) is 5.82 Å². The zero-order valence-corrected chi connectivity index (χ0v) is 13.9. The maximum atomic E-state index is 13.9. The summed E-state index contributed by atoms with van der Waals surface area (Å²) in [5.74, 6) is -0.709. The Morgan fingerprint density at radius 2 is 1.85 bits per heavy atom. The van der Waals surface area contributed by atoms with E-state index in [4.69, 9.17) is 0 Å². The Kier molecular flexibility index (Phi) is 4.16. The summed E-state index contributed by atoms with van der Waals surface area (Å²) in [6, 6.07) is 10.8. The summed E-state index contributed by atoms with van der Waals surface area (Å²) in [4.78, 5) is 15.9. The van der Waals surface area contributed by atoms with Crippen molar-refractivity contribution in [3.05, 3.63) is 54.1 Å². The molecule has 1 saturated heterocycles. The van der Waals surface area contributed by atoms with Gasteiger partial charge in [-0.3, -0.25) is 10.4 Å². The lowest BCUT2D eigenvalue weighted by atomic mass is 10.2. The van der Waals surface area contributed by atoms with Crippen molar-refractivity contribution in [1.29, 1.82) is 0 Å². The fourth-order valence-electron chi connectivity index (χ4n) is 3.13. The Labute approximate surface area is 148 Å². The molecule has 134 valence electrons. The molecule has 2 aromatic carbocycles. The van der Waals surface area contributed by atoms with E-state index in [1.165, 1.54) is 12.1 Å². The molecule has 2 heterocycles. The van der Waals surface area contributed by atoms with Crippen molar-refractivity contribution < 1.29 is 13.6 Å². The monoisotopic (exact) mass is 357 g/mol. The summed E-state index contributed by atoms with van der Waals surface area (Å²) in [5, 5.41) is 10.7. The highest BCUT2D eigenvalue weighted by Gasteiger charge is 2.23. The van der Waals surface area contributed by atoms with Crippen LogP contribution in [0.15, 0.2) is 42.5 Å². The molecule has 1 aliphatic rings. The number of rotatable bonds is 2. The number of halogens is 2. The van der Waals surface area contributed by atoms with Crippen molar-refractivity contribution in [2.24, 2.45) is 0 Å². The number of piperazine rings is 1. The first kappa shape index (κ1) is 16.3. The van der Waals surface area contributed by atoms with Crippen LogP contribution in [0.2, 0.25) is 0 Å². The van der Waals surface area contributed by atoms with Crippen molar-refractivity contribution in [3.8, 4) is 0 Å². The lowest BCUT2D eigenvalue weighted by Crippen LogP contribution is -2.50. The molecule has 0 unspecified atom stereocenters. The number of H-pyrrole nitrogens is 1. The summed E-state index contributed by atoms with van der Waals surface area (Å²) in [6.45, 7) is 1.81. The number of para-hydroxylation sites is 1. The number of aromatic amines is 1. The number of hydrogen-bond donors (Lipinski definition) is 2. The number of amides is 2. The number of nitrogens with zero attached hydrogens (tertiary/aromatic N) is 3. The van der Waals surface area contributed by atoms with Gasteiger partial charge >= 0.3 is 6.03 Å². The molecule has 3 aromatic rings. The first-order valence-electron chi connectivity index (χ1n) is 8.31. The molecular weight excluding hydrogens is 340 g/mol. The molecule has 0 radical (unpaired) electrons. The predicted octanol–water partition coefficient (Wildman–Crippen LogP) is 3.20. The molecule has 2 N–H and O–H groups in total. The Bertz CT molecular complexity index is 950. The van der Waals surface area contributed by atoms with Gasteiger partial charge in [-0.1, -0.05) is 12.1 Å². The van der Waals surface area contributed by atoms with Gasteiger partial charge < -0.3 is 9.80 Å². The maximum absolute atomic E-state index is 13.9. The van der Waals surface area contributed by atoms with Crippen molar-refractivity contribution in [2.75, 3.05) is 36.4 Å². The molecule has 1 aromatic heterocycles. The molecule has 0 saturated carbocycles. The largest absolute Gasteiger partial charge is 0.366 e. The van der Waals surface area contributed by atoms with Gasteiger partial charge in [-0.05, 0) is 24.3 Å². The fourth-order valence-corrected chi connectivity index (χ4v) is 3.13. The normalized spacial score (nSPS) is 14.7. The van der Waals surface area contributed by atoms with Crippen LogP contribution >= 0.6 is 0 Å². The number of urea groups is 1. The molecule has 1 fully saturated rings. The minimum Gasteiger partial charge on any atom is -0.366 e.